The van der Waals surface area contributed by atoms with Crippen LogP contribution in [0.4, 0.5) is 0 Å². The van der Waals surface area contributed by atoms with Gasteiger partial charge in [-0.3, -0.25) is 0 Å². The summed E-state index contributed by atoms with van der Waals surface area (Å²) < 4.78 is 10.9. The first-order chi connectivity index (χ1) is 11.9. The molecule has 24 heavy (non-hydrogen) atoms. The van der Waals surface area contributed by atoms with Crippen LogP contribution in [0.2, 0.25) is 0 Å². The Kier molecular flexibility index (Phi) is 8.99. The number of methoxy groups -OCH3 is 1. The summed E-state index contributed by atoms with van der Waals surface area (Å²) >= 11 is 0. The summed E-state index contributed by atoms with van der Waals surface area (Å²) in [6.45, 7) is 3.67. The maximum atomic E-state index is 5.72. The molecule has 3 heteroatoms. The highest BCUT2D eigenvalue weighted by Crippen LogP contribution is 2.11. The van der Waals surface area contributed by atoms with Gasteiger partial charge in [0.2, 0.25) is 0 Å². The molecular weight excluding hydrogens is 298 g/mol. The Labute approximate surface area is 146 Å². The minimum atomic E-state index is 0.790. The molecule has 0 saturated heterocycles. The van der Waals surface area contributed by atoms with E-state index in [1.807, 2.05) is 12.1 Å². The Morgan fingerprint density at radius 3 is 2.33 bits per heavy atom. The van der Waals surface area contributed by atoms with Crippen LogP contribution in [0.25, 0.3) is 0 Å². The summed E-state index contributed by atoms with van der Waals surface area (Å²) in [5, 5.41) is 3.48. The molecule has 1 N–H and O–H groups in total. The third-order valence-electron chi connectivity index (χ3n) is 4.01. The van der Waals surface area contributed by atoms with E-state index in [2.05, 4.69) is 47.8 Å². The number of hydrogen-bond donors (Lipinski definition) is 1. The van der Waals surface area contributed by atoms with Gasteiger partial charge in [-0.2, -0.15) is 0 Å². The largest absolute Gasteiger partial charge is 0.497 e. The average molecular weight is 327 g/mol. The Morgan fingerprint density at radius 1 is 0.792 bits per heavy atom. The lowest BCUT2D eigenvalue weighted by Gasteiger charge is -2.07. The summed E-state index contributed by atoms with van der Waals surface area (Å²) in [6.07, 6.45) is 4.51. The Morgan fingerprint density at radius 2 is 1.58 bits per heavy atom. The van der Waals surface area contributed by atoms with Gasteiger partial charge >= 0.3 is 0 Å². The van der Waals surface area contributed by atoms with Gasteiger partial charge in [-0.25, -0.2) is 0 Å². The fourth-order valence-corrected chi connectivity index (χ4v) is 2.54. The van der Waals surface area contributed by atoms with Gasteiger partial charge in [0.15, 0.2) is 0 Å². The molecule has 0 aliphatic heterocycles. The van der Waals surface area contributed by atoms with Crippen LogP contribution in [-0.4, -0.2) is 26.9 Å². The molecule has 0 saturated carbocycles. The van der Waals surface area contributed by atoms with Crippen molar-refractivity contribution in [3.8, 4) is 5.75 Å². The van der Waals surface area contributed by atoms with Gasteiger partial charge < -0.3 is 14.8 Å². The smallest absolute Gasteiger partial charge is 0.118 e. The maximum Gasteiger partial charge on any atom is 0.118 e. The molecule has 2 aromatic carbocycles. The number of unbranched alkanes of at least 4 members (excludes halogenated alkanes) is 2. The van der Waals surface area contributed by atoms with E-state index in [0.29, 0.717) is 0 Å². The molecule has 0 fully saturated rings. The van der Waals surface area contributed by atoms with E-state index in [-0.39, 0.29) is 0 Å². The second-order valence-electron chi connectivity index (χ2n) is 5.93. The predicted molar refractivity (Wildman–Crippen MR) is 99.5 cm³/mol. The van der Waals surface area contributed by atoms with Crippen molar-refractivity contribution in [1.29, 1.82) is 0 Å². The Hall–Kier alpha value is -1.84. The summed E-state index contributed by atoms with van der Waals surface area (Å²) in [5.41, 5.74) is 2.64. The zero-order chi connectivity index (χ0) is 16.9. The van der Waals surface area contributed by atoms with Crippen molar-refractivity contribution >= 4 is 0 Å². The number of hydrogen-bond acceptors (Lipinski definition) is 3. The molecule has 0 amide bonds. The fraction of sp³-hybridized carbons (Fsp3) is 0.429. The molecule has 0 bridgehead atoms. The second kappa shape index (κ2) is 11.7. The number of benzene rings is 2. The van der Waals surface area contributed by atoms with Crippen LogP contribution in [0, 0.1) is 0 Å². The number of rotatable bonds is 12. The van der Waals surface area contributed by atoms with Crippen molar-refractivity contribution in [2.75, 3.05) is 26.9 Å². The normalized spacial score (nSPS) is 10.7. The number of nitrogens with one attached hydrogen (secondary N) is 1. The van der Waals surface area contributed by atoms with Crippen LogP contribution in [0.1, 0.15) is 30.4 Å². The zero-order valence-corrected chi connectivity index (χ0v) is 14.7. The molecular formula is C21H29NO2. The monoisotopic (exact) mass is 327 g/mol. The second-order valence-corrected chi connectivity index (χ2v) is 5.93. The van der Waals surface area contributed by atoms with Crippen molar-refractivity contribution in [2.24, 2.45) is 0 Å². The van der Waals surface area contributed by atoms with E-state index >= 15 is 0 Å². The van der Waals surface area contributed by atoms with Crippen molar-refractivity contribution in [3.63, 3.8) is 0 Å². The summed E-state index contributed by atoms with van der Waals surface area (Å²) in [7, 11) is 1.69. The molecule has 0 heterocycles. The molecule has 0 aliphatic carbocycles. The summed E-state index contributed by atoms with van der Waals surface area (Å²) in [6, 6.07) is 18.7. The van der Waals surface area contributed by atoms with E-state index < -0.39 is 0 Å². The Balaban J connectivity index is 1.40. The van der Waals surface area contributed by atoms with E-state index in [1.54, 1.807) is 7.11 Å². The van der Waals surface area contributed by atoms with E-state index in [0.717, 1.165) is 44.9 Å². The molecule has 0 spiro atoms. The first kappa shape index (κ1) is 18.5. The van der Waals surface area contributed by atoms with Gasteiger partial charge in [-0.1, -0.05) is 42.5 Å². The van der Waals surface area contributed by atoms with Gasteiger partial charge in [-0.05, 0) is 55.5 Å². The van der Waals surface area contributed by atoms with Crippen LogP contribution in [-0.2, 0) is 17.7 Å². The molecule has 130 valence electrons. The van der Waals surface area contributed by atoms with Gasteiger partial charge in [0, 0.05) is 13.2 Å². The molecule has 2 aromatic rings. The molecule has 3 nitrogen and oxygen atoms in total. The predicted octanol–water partition coefficient (Wildman–Crippen LogP) is 4.21. The number of ether oxygens (including phenoxy) is 2. The van der Waals surface area contributed by atoms with Crippen LogP contribution in [0.5, 0.6) is 5.75 Å². The maximum absolute atomic E-state index is 5.72. The first-order valence-corrected chi connectivity index (χ1v) is 8.84. The van der Waals surface area contributed by atoms with Gasteiger partial charge in [0.25, 0.3) is 0 Å². The minimum absolute atomic E-state index is 0.790. The van der Waals surface area contributed by atoms with Gasteiger partial charge in [-0.15, -0.1) is 0 Å². The first-order valence-electron chi connectivity index (χ1n) is 8.84. The highest BCUT2D eigenvalue weighted by atomic mass is 16.5. The topological polar surface area (TPSA) is 30.5 Å². The van der Waals surface area contributed by atoms with Crippen LogP contribution in [0.3, 0.4) is 0 Å². The standard InChI is InChI=1S/C21H29NO2/c1-23-21-12-10-19(11-13-21)14-17-24-16-7-3-6-15-22-18-20-8-4-2-5-9-20/h2,4-5,8-13,22H,3,6-7,14-18H2,1H3. The quantitative estimate of drug-likeness (QED) is 0.592. The van der Waals surface area contributed by atoms with Gasteiger partial charge in [0.1, 0.15) is 5.75 Å². The molecule has 0 atom stereocenters. The lowest BCUT2D eigenvalue weighted by molar-refractivity contribution is 0.133. The third-order valence-corrected chi connectivity index (χ3v) is 4.01. The summed E-state index contributed by atoms with van der Waals surface area (Å²) in [5.74, 6) is 0.903. The lowest BCUT2D eigenvalue weighted by Crippen LogP contribution is -2.14. The average Bonchev–Trinajstić information content (AvgIpc) is 2.64. The Bertz CT molecular complexity index is 540. The molecule has 2 rings (SSSR count). The van der Waals surface area contributed by atoms with E-state index in [4.69, 9.17) is 9.47 Å². The fourth-order valence-electron chi connectivity index (χ4n) is 2.54. The molecule has 0 unspecified atom stereocenters. The van der Waals surface area contributed by atoms with E-state index in [9.17, 15) is 0 Å². The minimum Gasteiger partial charge on any atom is -0.497 e. The molecule has 0 aromatic heterocycles. The van der Waals surface area contributed by atoms with Crippen molar-refractivity contribution < 1.29 is 9.47 Å². The van der Waals surface area contributed by atoms with Crippen LogP contribution in [0.15, 0.2) is 54.6 Å². The lowest BCUT2D eigenvalue weighted by atomic mass is 10.1. The highest BCUT2D eigenvalue weighted by Gasteiger charge is 1.96. The van der Waals surface area contributed by atoms with E-state index in [1.165, 1.54) is 24.0 Å². The molecule has 0 aliphatic rings. The molecule has 0 radical (unpaired) electrons. The highest BCUT2D eigenvalue weighted by molar-refractivity contribution is 5.27. The van der Waals surface area contributed by atoms with Crippen LogP contribution < -0.4 is 10.1 Å². The van der Waals surface area contributed by atoms with Crippen molar-refractivity contribution in [1.82, 2.24) is 5.32 Å². The van der Waals surface area contributed by atoms with Crippen molar-refractivity contribution in [3.05, 3.63) is 65.7 Å². The third kappa shape index (κ3) is 7.62. The van der Waals surface area contributed by atoms with Crippen LogP contribution >= 0.6 is 0 Å². The van der Waals surface area contributed by atoms with Gasteiger partial charge in [0.05, 0.1) is 13.7 Å². The van der Waals surface area contributed by atoms with Crippen molar-refractivity contribution in [2.45, 2.75) is 32.2 Å². The SMILES string of the molecule is COc1ccc(CCOCCCCCNCc2ccccc2)cc1. The zero-order valence-electron chi connectivity index (χ0n) is 14.7. The summed E-state index contributed by atoms with van der Waals surface area (Å²) in [4.78, 5) is 0.